The fourth-order valence-corrected chi connectivity index (χ4v) is 5.93. The molecular weight excluding hydrogens is 432 g/mol. The topological polar surface area (TPSA) is 123 Å². The zero-order valence-electron chi connectivity index (χ0n) is 19.4. The van der Waals surface area contributed by atoms with Crippen LogP contribution in [0.3, 0.4) is 0 Å². The number of aromatic amines is 1. The molecule has 3 aliphatic rings. The number of aromatic nitrogens is 2. The van der Waals surface area contributed by atoms with Gasteiger partial charge in [0.05, 0.1) is 34.7 Å². The Balaban J connectivity index is 1.11. The number of nitrogens with one attached hydrogen (secondary N) is 3. The molecule has 9 heteroatoms. The van der Waals surface area contributed by atoms with Gasteiger partial charge in [0.2, 0.25) is 11.8 Å². The summed E-state index contributed by atoms with van der Waals surface area (Å²) < 4.78 is 1.77. The summed E-state index contributed by atoms with van der Waals surface area (Å²) in [6.07, 6.45) is 7.69. The second-order valence-corrected chi connectivity index (χ2v) is 9.87. The minimum absolute atomic E-state index is 0.0309. The van der Waals surface area contributed by atoms with E-state index in [2.05, 4.69) is 21.7 Å². The van der Waals surface area contributed by atoms with Crippen molar-refractivity contribution >= 4 is 22.8 Å². The molecule has 9 nitrogen and oxygen atoms in total. The molecule has 2 saturated heterocycles. The van der Waals surface area contributed by atoms with Crippen LogP contribution in [0.15, 0.2) is 23.0 Å². The average molecular weight is 465 g/mol. The van der Waals surface area contributed by atoms with Crippen molar-refractivity contribution in [1.29, 1.82) is 5.26 Å². The number of nitrogens with zero attached hydrogens (tertiary/aromatic N) is 3. The van der Waals surface area contributed by atoms with Crippen molar-refractivity contribution in [2.75, 3.05) is 13.1 Å². The van der Waals surface area contributed by atoms with E-state index in [0.29, 0.717) is 30.6 Å². The highest BCUT2D eigenvalue weighted by atomic mass is 16.2. The lowest BCUT2D eigenvalue weighted by molar-refractivity contribution is -0.132. The number of piperidine rings is 1. The lowest BCUT2D eigenvalue weighted by Crippen LogP contribution is -2.62. The summed E-state index contributed by atoms with van der Waals surface area (Å²) in [6.45, 7) is 1.25. The number of benzene rings is 1. The first kappa shape index (κ1) is 22.7. The maximum absolute atomic E-state index is 12.8. The summed E-state index contributed by atoms with van der Waals surface area (Å²) >= 11 is 0. The van der Waals surface area contributed by atoms with Gasteiger partial charge in [-0.2, -0.15) is 5.26 Å². The molecule has 34 heavy (non-hydrogen) atoms. The van der Waals surface area contributed by atoms with E-state index in [1.165, 1.54) is 6.42 Å². The molecule has 0 radical (unpaired) electrons. The monoisotopic (exact) mass is 464 g/mol. The molecule has 1 aromatic heterocycles. The van der Waals surface area contributed by atoms with Crippen molar-refractivity contribution < 1.29 is 9.59 Å². The van der Waals surface area contributed by atoms with Crippen LogP contribution >= 0.6 is 0 Å². The Morgan fingerprint density at radius 1 is 1.12 bits per heavy atom. The molecule has 3 atom stereocenters. The number of H-pyrrole nitrogens is 1. The first-order chi connectivity index (χ1) is 16.5. The van der Waals surface area contributed by atoms with Crippen LogP contribution in [0.2, 0.25) is 0 Å². The average Bonchev–Trinajstić information content (AvgIpc) is 3.18. The Kier molecular flexibility index (Phi) is 6.42. The van der Waals surface area contributed by atoms with Gasteiger partial charge >= 0.3 is 5.69 Å². The highest BCUT2D eigenvalue weighted by Gasteiger charge is 2.37. The van der Waals surface area contributed by atoms with Crippen LogP contribution in [-0.4, -0.2) is 51.6 Å². The number of hydrogen-bond donors (Lipinski definition) is 3. The van der Waals surface area contributed by atoms with E-state index in [0.717, 1.165) is 50.5 Å². The standard InChI is InChI=1S/C25H32N6O3/c26-15-16-8-9-21-20(14-16)28-25(34)31(21)17-10-12-30(13-11-17)23(32)7-3-6-22-27-19-5-2-1-4-18(19)24(33)29-22/h8-9,14,17-19,22,27H,1-7,10-13H2,(H,28,34)(H,29,33). The first-order valence-electron chi connectivity index (χ1n) is 12.5. The van der Waals surface area contributed by atoms with Gasteiger partial charge < -0.3 is 15.2 Å². The normalized spacial score (nSPS) is 25.6. The second-order valence-electron chi connectivity index (χ2n) is 9.87. The predicted octanol–water partition coefficient (Wildman–Crippen LogP) is 2.14. The number of carbonyl (C=O) groups is 2. The first-order valence-corrected chi connectivity index (χ1v) is 12.5. The Labute approximate surface area is 198 Å². The van der Waals surface area contributed by atoms with E-state index in [4.69, 9.17) is 5.26 Å². The van der Waals surface area contributed by atoms with E-state index in [1.54, 1.807) is 16.7 Å². The number of rotatable bonds is 5. The third kappa shape index (κ3) is 4.47. The Morgan fingerprint density at radius 3 is 2.71 bits per heavy atom. The van der Waals surface area contributed by atoms with Crippen molar-refractivity contribution in [2.24, 2.45) is 5.92 Å². The van der Waals surface area contributed by atoms with Gasteiger partial charge in [-0.15, -0.1) is 0 Å². The molecule has 3 unspecified atom stereocenters. The molecule has 3 fully saturated rings. The van der Waals surface area contributed by atoms with Crippen molar-refractivity contribution in [2.45, 2.75) is 76.0 Å². The van der Waals surface area contributed by atoms with Crippen LogP contribution < -0.4 is 16.3 Å². The van der Waals surface area contributed by atoms with Crippen LogP contribution in [0, 0.1) is 17.2 Å². The summed E-state index contributed by atoms with van der Waals surface area (Å²) in [4.78, 5) is 42.5. The largest absolute Gasteiger partial charge is 0.343 e. The molecule has 3 heterocycles. The third-order valence-electron chi connectivity index (χ3n) is 7.75. The summed E-state index contributed by atoms with van der Waals surface area (Å²) in [5, 5.41) is 15.8. The molecule has 0 spiro atoms. The van der Waals surface area contributed by atoms with Gasteiger partial charge in [0.15, 0.2) is 0 Å². The highest BCUT2D eigenvalue weighted by Crippen LogP contribution is 2.28. The number of nitriles is 1. The minimum Gasteiger partial charge on any atom is -0.343 e. The SMILES string of the molecule is N#Cc1ccc2c(c1)[nH]c(=O)n2C1CCN(C(=O)CCCC2NC(=O)C3CCCCC3N2)CC1. The van der Waals surface area contributed by atoms with Gasteiger partial charge in [0.25, 0.3) is 0 Å². The minimum atomic E-state index is -0.169. The van der Waals surface area contributed by atoms with E-state index >= 15 is 0 Å². The molecule has 2 aliphatic heterocycles. The van der Waals surface area contributed by atoms with Crippen molar-refractivity contribution in [3.63, 3.8) is 0 Å². The van der Waals surface area contributed by atoms with E-state index in [1.807, 2.05) is 11.0 Å². The molecule has 0 bridgehead atoms. The van der Waals surface area contributed by atoms with E-state index in [9.17, 15) is 14.4 Å². The van der Waals surface area contributed by atoms with E-state index in [-0.39, 0.29) is 41.7 Å². The van der Waals surface area contributed by atoms with Crippen molar-refractivity contribution in [3.05, 3.63) is 34.2 Å². The Morgan fingerprint density at radius 2 is 1.91 bits per heavy atom. The molecular formula is C25H32N6O3. The zero-order valence-corrected chi connectivity index (χ0v) is 19.4. The van der Waals surface area contributed by atoms with E-state index < -0.39 is 0 Å². The smallest absolute Gasteiger partial charge is 0.326 e. The quantitative estimate of drug-likeness (QED) is 0.626. The Hall–Kier alpha value is -3.12. The molecule has 2 aromatic rings. The summed E-state index contributed by atoms with van der Waals surface area (Å²) in [7, 11) is 0. The predicted molar refractivity (Wildman–Crippen MR) is 127 cm³/mol. The third-order valence-corrected chi connectivity index (χ3v) is 7.75. The van der Waals surface area contributed by atoms with Gasteiger partial charge in [0.1, 0.15) is 0 Å². The Bertz CT molecular complexity index is 1170. The molecule has 1 aromatic carbocycles. The zero-order chi connectivity index (χ0) is 23.7. The molecule has 2 amide bonds. The number of amides is 2. The summed E-state index contributed by atoms with van der Waals surface area (Å²) in [5.74, 6) is 0.408. The molecule has 3 N–H and O–H groups in total. The number of hydrogen-bond acceptors (Lipinski definition) is 5. The van der Waals surface area contributed by atoms with Gasteiger partial charge in [-0.3, -0.25) is 19.5 Å². The highest BCUT2D eigenvalue weighted by molar-refractivity contribution is 5.81. The van der Waals surface area contributed by atoms with Gasteiger partial charge in [-0.05, 0) is 56.7 Å². The summed E-state index contributed by atoms with van der Waals surface area (Å²) in [5.41, 5.74) is 1.82. The van der Waals surface area contributed by atoms with Gasteiger partial charge in [-0.25, -0.2) is 4.79 Å². The number of carbonyl (C=O) groups excluding carboxylic acids is 2. The molecule has 5 rings (SSSR count). The molecule has 180 valence electrons. The van der Waals surface area contributed by atoms with Crippen LogP contribution in [0.1, 0.15) is 69.4 Å². The van der Waals surface area contributed by atoms with Crippen LogP contribution in [0.25, 0.3) is 11.0 Å². The maximum Gasteiger partial charge on any atom is 0.326 e. The fraction of sp³-hybridized carbons (Fsp3) is 0.600. The van der Waals surface area contributed by atoms with Crippen LogP contribution in [0.5, 0.6) is 0 Å². The van der Waals surface area contributed by atoms with Crippen molar-refractivity contribution in [1.82, 2.24) is 25.1 Å². The van der Waals surface area contributed by atoms with Gasteiger partial charge in [0, 0.05) is 31.6 Å². The lowest BCUT2D eigenvalue weighted by atomic mass is 9.82. The second kappa shape index (κ2) is 9.63. The maximum atomic E-state index is 12.8. The lowest BCUT2D eigenvalue weighted by Gasteiger charge is -2.40. The molecule has 1 saturated carbocycles. The number of likely N-dealkylation sites (tertiary alicyclic amines) is 1. The molecule has 1 aliphatic carbocycles. The summed E-state index contributed by atoms with van der Waals surface area (Å²) in [6, 6.07) is 7.65. The number of fused-ring (bicyclic) bond motifs is 2. The number of imidazole rings is 1. The fourth-order valence-electron chi connectivity index (χ4n) is 5.93. The van der Waals surface area contributed by atoms with Crippen LogP contribution in [-0.2, 0) is 9.59 Å². The van der Waals surface area contributed by atoms with Gasteiger partial charge in [-0.1, -0.05) is 12.8 Å². The van der Waals surface area contributed by atoms with Crippen molar-refractivity contribution in [3.8, 4) is 6.07 Å². The van der Waals surface area contributed by atoms with Crippen LogP contribution in [0.4, 0.5) is 0 Å².